The van der Waals surface area contributed by atoms with Crippen LogP contribution in [0.5, 0.6) is 5.75 Å². The molecule has 0 unspecified atom stereocenters. The van der Waals surface area contributed by atoms with Gasteiger partial charge in [0, 0.05) is 25.3 Å². The van der Waals surface area contributed by atoms with Gasteiger partial charge in [-0.2, -0.15) is 0 Å². The third kappa shape index (κ3) is 2.91. The molecule has 0 aliphatic carbocycles. The number of methoxy groups -OCH3 is 1. The van der Waals surface area contributed by atoms with Gasteiger partial charge in [0.15, 0.2) is 0 Å². The molecule has 0 radical (unpaired) electrons. The number of aromatic hydroxyl groups is 1. The van der Waals surface area contributed by atoms with Crippen molar-refractivity contribution in [1.82, 2.24) is 0 Å². The maximum Gasteiger partial charge on any atom is 0.337 e. The summed E-state index contributed by atoms with van der Waals surface area (Å²) in [4.78, 5) is 13.6. The van der Waals surface area contributed by atoms with Gasteiger partial charge in [0.05, 0.1) is 12.7 Å². The van der Waals surface area contributed by atoms with Gasteiger partial charge >= 0.3 is 5.97 Å². The molecule has 3 aromatic rings. The lowest BCUT2D eigenvalue weighted by atomic mass is 9.97. The van der Waals surface area contributed by atoms with E-state index in [1.54, 1.807) is 24.3 Å². The Morgan fingerprint density at radius 3 is 2.29 bits per heavy atom. The minimum Gasteiger partial charge on any atom is -0.508 e. The number of ether oxygens (including phenoxy) is 1. The summed E-state index contributed by atoms with van der Waals surface area (Å²) in [5.74, 6) is -0.0919. The van der Waals surface area contributed by atoms with Gasteiger partial charge in [0.2, 0.25) is 0 Å². The number of hydrogen-bond acceptors (Lipinski definition) is 4. The molecule has 3 rings (SSSR count). The number of phenolic OH excluding ortho intramolecular Hbond substituents is 1. The molecular formula is C20H19NO3. The number of benzene rings is 3. The average molecular weight is 321 g/mol. The van der Waals surface area contributed by atoms with Gasteiger partial charge in [-0.3, -0.25) is 0 Å². The van der Waals surface area contributed by atoms with Gasteiger partial charge in [-0.05, 0) is 52.7 Å². The number of carbonyl (C=O) groups excluding carboxylic acids is 1. The third-order valence-electron chi connectivity index (χ3n) is 4.04. The second kappa shape index (κ2) is 6.24. The quantitative estimate of drug-likeness (QED) is 0.739. The van der Waals surface area contributed by atoms with E-state index in [1.165, 1.54) is 7.11 Å². The van der Waals surface area contributed by atoms with Crippen LogP contribution < -0.4 is 4.90 Å². The summed E-state index contributed by atoms with van der Waals surface area (Å²) in [6, 6.07) is 16.9. The lowest BCUT2D eigenvalue weighted by Gasteiger charge is -2.19. The molecule has 0 fully saturated rings. The Morgan fingerprint density at radius 2 is 1.67 bits per heavy atom. The minimum atomic E-state index is -0.344. The predicted molar refractivity (Wildman–Crippen MR) is 96.7 cm³/mol. The number of anilines is 1. The van der Waals surface area contributed by atoms with Crippen molar-refractivity contribution in [2.24, 2.45) is 0 Å². The van der Waals surface area contributed by atoms with Crippen molar-refractivity contribution in [3.63, 3.8) is 0 Å². The molecule has 0 saturated carbocycles. The van der Waals surface area contributed by atoms with Crippen LogP contribution in [-0.2, 0) is 4.74 Å². The molecule has 0 aliphatic rings. The summed E-state index contributed by atoms with van der Waals surface area (Å²) in [5.41, 5.74) is 3.65. The van der Waals surface area contributed by atoms with Gasteiger partial charge in [-0.1, -0.05) is 18.2 Å². The molecule has 0 aromatic heterocycles. The van der Waals surface area contributed by atoms with E-state index < -0.39 is 0 Å². The smallest absolute Gasteiger partial charge is 0.337 e. The summed E-state index contributed by atoms with van der Waals surface area (Å²) in [6.07, 6.45) is 0. The fourth-order valence-corrected chi connectivity index (χ4v) is 2.78. The summed E-state index contributed by atoms with van der Waals surface area (Å²) in [5, 5.41) is 11.7. The summed E-state index contributed by atoms with van der Waals surface area (Å²) >= 11 is 0. The number of esters is 1. The van der Waals surface area contributed by atoms with Gasteiger partial charge in [-0.15, -0.1) is 0 Å². The van der Waals surface area contributed by atoms with Crippen LogP contribution in [-0.4, -0.2) is 32.3 Å². The van der Waals surface area contributed by atoms with E-state index in [4.69, 9.17) is 4.74 Å². The highest BCUT2D eigenvalue weighted by Gasteiger charge is 2.11. The molecule has 3 aromatic carbocycles. The first kappa shape index (κ1) is 15.9. The zero-order valence-corrected chi connectivity index (χ0v) is 13.9. The first-order valence-corrected chi connectivity index (χ1v) is 7.62. The Labute approximate surface area is 140 Å². The molecule has 0 atom stereocenters. The monoisotopic (exact) mass is 321 g/mol. The Morgan fingerprint density at radius 1 is 0.958 bits per heavy atom. The van der Waals surface area contributed by atoms with E-state index >= 15 is 0 Å². The topological polar surface area (TPSA) is 49.8 Å². The van der Waals surface area contributed by atoms with Crippen LogP contribution in [0.15, 0.2) is 54.6 Å². The molecule has 4 nitrogen and oxygen atoms in total. The van der Waals surface area contributed by atoms with Crippen molar-refractivity contribution in [2.75, 3.05) is 26.1 Å². The maximum atomic E-state index is 11.6. The number of carbonyl (C=O) groups is 1. The van der Waals surface area contributed by atoms with Crippen LogP contribution in [0.4, 0.5) is 5.69 Å². The van der Waals surface area contributed by atoms with Crippen LogP contribution in [0.2, 0.25) is 0 Å². The van der Waals surface area contributed by atoms with E-state index in [1.807, 2.05) is 37.2 Å². The van der Waals surface area contributed by atoms with E-state index in [0.29, 0.717) is 5.56 Å². The lowest BCUT2D eigenvalue weighted by Crippen LogP contribution is -2.10. The maximum absolute atomic E-state index is 11.6. The Bertz CT molecular complexity index is 899. The largest absolute Gasteiger partial charge is 0.508 e. The molecule has 24 heavy (non-hydrogen) atoms. The molecule has 1 N–H and O–H groups in total. The second-order valence-corrected chi connectivity index (χ2v) is 5.86. The normalized spacial score (nSPS) is 10.6. The van der Waals surface area contributed by atoms with Crippen LogP contribution in [0, 0.1) is 0 Å². The fourth-order valence-electron chi connectivity index (χ4n) is 2.78. The van der Waals surface area contributed by atoms with Crippen molar-refractivity contribution < 1.29 is 14.6 Å². The molecule has 0 saturated heterocycles. The Balaban J connectivity index is 2.15. The number of phenols is 1. The standard InChI is InChI=1S/C20H19NO3/c1-21(2)19-12-16-10-17(22)9-8-15(16)11-18(19)13-4-6-14(7-5-13)20(23)24-3/h4-12,22H,1-3H3. The van der Waals surface area contributed by atoms with Crippen molar-refractivity contribution >= 4 is 22.4 Å². The van der Waals surface area contributed by atoms with Crippen LogP contribution in [0.3, 0.4) is 0 Å². The Kier molecular flexibility index (Phi) is 4.13. The molecule has 122 valence electrons. The highest BCUT2D eigenvalue weighted by molar-refractivity contribution is 5.96. The van der Waals surface area contributed by atoms with Crippen molar-refractivity contribution in [3.8, 4) is 16.9 Å². The molecule has 0 bridgehead atoms. The van der Waals surface area contributed by atoms with Gasteiger partial charge in [0.25, 0.3) is 0 Å². The van der Waals surface area contributed by atoms with Crippen LogP contribution in [0.1, 0.15) is 10.4 Å². The number of rotatable bonds is 3. The van der Waals surface area contributed by atoms with Crippen molar-refractivity contribution in [2.45, 2.75) is 0 Å². The number of nitrogens with zero attached hydrogens (tertiary/aromatic N) is 1. The molecule has 0 spiro atoms. The van der Waals surface area contributed by atoms with Gasteiger partial charge < -0.3 is 14.7 Å². The van der Waals surface area contributed by atoms with E-state index in [2.05, 4.69) is 12.1 Å². The summed E-state index contributed by atoms with van der Waals surface area (Å²) in [7, 11) is 5.34. The van der Waals surface area contributed by atoms with Gasteiger partial charge in [-0.25, -0.2) is 4.79 Å². The molecular weight excluding hydrogens is 302 g/mol. The third-order valence-corrected chi connectivity index (χ3v) is 4.04. The molecule has 0 amide bonds. The fraction of sp³-hybridized carbons (Fsp3) is 0.150. The molecule has 0 aliphatic heterocycles. The molecule has 4 heteroatoms. The zero-order chi connectivity index (χ0) is 17.3. The number of fused-ring (bicyclic) bond motifs is 1. The minimum absolute atomic E-state index is 0.252. The average Bonchev–Trinajstić information content (AvgIpc) is 2.60. The highest BCUT2D eigenvalue weighted by atomic mass is 16.5. The summed E-state index contributed by atoms with van der Waals surface area (Å²) < 4.78 is 4.74. The SMILES string of the molecule is COC(=O)c1ccc(-c2cc3ccc(O)cc3cc2N(C)C)cc1. The first-order chi connectivity index (χ1) is 11.5. The highest BCUT2D eigenvalue weighted by Crippen LogP contribution is 2.35. The number of hydrogen-bond donors (Lipinski definition) is 1. The van der Waals surface area contributed by atoms with Gasteiger partial charge in [0.1, 0.15) is 5.75 Å². The van der Waals surface area contributed by atoms with E-state index in [-0.39, 0.29) is 11.7 Å². The van der Waals surface area contributed by atoms with Crippen molar-refractivity contribution in [1.29, 1.82) is 0 Å². The molecule has 0 heterocycles. The van der Waals surface area contributed by atoms with E-state index in [9.17, 15) is 9.90 Å². The summed E-state index contributed by atoms with van der Waals surface area (Å²) in [6.45, 7) is 0. The zero-order valence-electron chi connectivity index (χ0n) is 13.9. The Hall–Kier alpha value is -3.01. The van der Waals surface area contributed by atoms with Crippen LogP contribution >= 0.6 is 0 Å². The van der Waals surface area contributed by atoms with E-state index in [0.717, 1.165) is 27.6 Å². The lowest BCUT2D eigenvalue weighted by molar-refractivity contribution is 0.0601. The second-order valence-electron chi connectivity index (χ2n) is 5.86. The van der Waals surface area contributed by atoms with Crippen LogP contribution in [0.25, 0.3) is 21.9 Å². The predicted octanol–water partition coefficient (Wildman–Crippen LogP) is 4.07. The first-order valence-electron chi connectivity index (χ1n) is 7.62. The van der Waals surface area contributed by atoms with Crippen molar-refractivity contribution in [3.05, 3.63) is 60.2 Å².